The van der Waals surface area contributed by atoms with Crippen LogP contribution in [-0.4, -0.2) is 20.1 Å². The Morgan fingerprint density at radius 1 is 1.25 bits per heavy atom. The van der Waals surface area contributed by atoms with Gasteiger partial charge in [0.05, 0.1) is 11.5 Å². The molecule has 1 aliphatic rings. The molecule has 0 radical (unpaired) electrons. The molecule has 2 N–H and O–H groups in total. The Balaban J connectivity index is 2.09. The van der Waals surface area contributed by atoms with Crippen LogP contribution >= 0.6 is 15.9 Å². The molecular formula is C14H20BrNO3S. The lowest BCUT2D eigenvalue weighted by Gasteiger charge is -2.21. The van der Waals surface area contributed by atoms with E-state index < -0.39 is 10.0 Å². The molecule has 0 atom stereocenters. The number of aliphatic hydroxyl groups is 1. The van der Waals surface area contributed by atoms with E-state index in [2.05, 4.69) is 20.7 Å². The second-order valence-corrected chi connectivity index (χ2v) is 7.87. The molecule has 1 fully saturated rings. The lowest BCUT2D eigenvalue weighted by molar-refractivity contribution is 0.281. The van der Waals surface area contributed by atoms with Crippen molar-refractivity contribution >= 4 is 26.0 Å². The van der Waals surface area contributed by atoms with Crippen LogP contribution in [0.25, 0.3) is 0 Å². The molecule has 1 saturated carbocycles. The molecule has 112 valence electrons. The summed E-state index contributed by atoms with van der Waals surface area (Å²) in [5, 5.41) is 9.12. The third-order valence-corrected chi connectivity index (χ3v) is 6.17. The minimum absolute atomic E-state index is 0.168. The number of hydrogen-bond acceptors (Lipinski definition) is 3. The Bertz CT molecular complexity index is 554. The Kier molecular flexibility index (Phi) is 5.60. The molecule has 1 aromatic rings. The van der Waals surface area contributed by atoms with E-state index in [1.807, 2.05) is 0 Å². The largest absolute Gasteiger partial charge is 0.392 e. The Morgan fingerprint density at radius 2 is 1.95 bits per heavy atom. The molecule has 1 aliphatic carbocycles. The fourth-order valence-corrected chi connectivity index (χ4v) is 4.68. The van der Waals surface area contributed by atoms with Gasteiger partial charge in [0.1, 0.15) is 0 Å². The molecule has 0 aromatic heterocycles. The van der Waals surface area contributed by atoms with Crippen LogP contribution in [0.4, 0.5) is 0 Å². The summed E-state index contributed by atoms with van der Waals surface area (Å²) in [7, 11) is -3.53. The predicted octanol–water partition coefficient (Wildman–Crippen LogP) is 2.80. The van der Waals surface area contributed by atoms with E-state index in [-0.39, 0.29) is 11.5 Å². The molecule has 6 heteroatoms. The highest BCUT2D eigenvalue weighted by atomic mass is 79.9. The molecule has 0 spiro atoms. The first-order valence-electron chi connectivity index (χ1n) is 6.92. The number of sulfonamides is 1. The van der Waals surface area contributed by atoms with Crippen molar-refractivity contribution in [3.8, 4) is 0 Å². The number of hydrogen-bond donors (Lipinski definition) is 2. The minimum Gasteiger partial charge on any atom is -0.392 e. The second kappa shape index (κ2) is 7.02. The fourth-order valence-electron chi connectivity index (χ4n) is 2.55. The van der Waals surface area contributed by atoms with Crippen LogP contribution in [0, 0.1) is 5.92 Å². The van der Waals surface area contributed by atoms with Gasteiger partial charge in [0, 0.05) is 11.0 Å². The van der Waals surface area contributed by atoms with Gasteiger partial charge in [-0.25, -0.2) is 13.1 Å². The lowest BCUT2D eigenvalue weighted by Crippen LogP contribution is -2.30. The predicted molar refractivity (Wildman–Crippen MR) is 81.8 cm³/mol. The first-order valence-corrected chi connectivity index (χ1v) is 9.19. The van der Waals surface area contributed by atoms with Gasteiger partial charge in [-0.1, -0.05) is 25.3 Å². The first-order chi connectivity index (χ1) is 9.53. The van der Waals surface area contributed by atoms with E-state index in [1.54, 1.807) is 12.1 Å². The molecule has 0 bridgehead atoms. The van der Waals surface area contributed by atoms with Crippen molar-refractivity contribution in [2.75, 3.05) is 6.54 Å². The normalized spacial score (nSPS) is 17.3. The van der Waals surface area contributed by atoms with Crippen LogP contribution in [0.1, 0.15) is 37.7 Å². The van der Waals surface area contributed by atoms with Crippen molar-refractivity contribution in [1.82, 2.24) is 4.72 Å². The lowest BCUT2D eigenvalue weighted by atomic mass is 9.90. The maximum atomic E-state index is 12.3. The molecule has 20 heavy (non-hydrogen) atoms. The maximum absolute atomic E-state index is 12.3. The van der Waals surface area contributed by atoms with Gasteiger partial charge >= 0.3 is 0 Å². The average Bonchev–Trinajstić information content (AvgIpc) is 2.47. The van der Waals surface area contributed by atoms with Crippen LogP contribution in [0.2, 0.25) is 0 Å². The van der Waals surface area contributed by atoms with Gasteiger partial charge in [0.15, 0.2) is 0 Å². The fraction of sp³-hybridized carbons (Fsp3) is 0.571. The van der Waals surface area contributed by atoms with Crippen LogP contribution in [0.5, 0.6) is 0 Å². The summed E-state index contributed by atoms with van der Waals surface area (Å²) in [6.07, 6.45) is 5.83. The van der Waals surface area contributed by atoms with Crippen molar-refractivity contribution in [2.45, 2.75) is 43.6 Å². The first kappa shape index (κ1) is 15.9. The van der Waals surface area contributed by atoms with Gasteiger partial charge < -0.3 is 5.11 Å². The summed E-state index contributed by atoms with van der Waals surface area (Å²) >= 11 is 3.26. The highest BCUT2D eigenvalue weighted by Crippen LogP contribution is 2.25. The molecule has 1 aromatic carbocycles. The molecule has 4 nitrogen and oxygen atoms in total. The van der Waals surface area contributed by atoms with Gasteiger partial charge in [-0.15, -0.1) is 0 Å². The van der Waals surface area contributed by atoms with Crippen LogP contribution in [0.15, 0.2) is 27.6 Å². The van der Waals surface area contributed by atoms with Crippen molar-refractivity contribution in [2.24, 2.45) is 5.92 Å². The Morgan fingerprint density at radius 3 is 2.60 bits per heavy atom. The second-order valence-electron chi connectivity index (χ2n) is 5.28. The SMILES string of the molecule is O=S(=O)(NCC1CCCCC1)c1cc(CO)ccc1Br. The van der Waals surface area contributed by atoms with Gasteiger partial charge in [-0.05, 0) is 52.4 Å². The maximum Gasteiger partial charge on any atom is 0.241 e. The van der Waals surface area contributed by atoms with E-state index >= 15 is 0 Å². The van der Waals surface area contributed by atoms with Crippen molar-refractivity contribution < 1.29 is 13.5 Å². The smallest absolute Gasteiger partial charge is 0.241 e. The zero-order valence-corrected chi connectivity index (χ0v) is 13.7. The zero-order chi connectivity index (χ0) is 14.6. The number of benzene rings is 1. The van der Waals surface area contributed by atoms with E-state index in [0.29, 0.717) is 22.5 Å². The molecule has 2 rings (SSSR count). The third kappa shape index (κ3) is 4.04. The van der Waals surface area contributed by atoms with Crippen LogP contribution in [-0.2, 0) is 16.6 Å². The highest BCUT2D eigenvalue weighted by Gasteiger charge is 2.21. The van der Waals surface area contributed by atoms with Crippen molar-refractivity contribution in [3.63, 3.8) is 0 Å². The monoisotopic (exact) mass is 361 g/mol. The molecule has 0 amide bonds. The summed E-state index contributed by atoms with van der Waals surface area (Å²) in [6, 6.07) is 4.86. The highest BCUT2D eigenvalue weighted by molar-refractivity contribution is 9.10. The number of aliphatic hydroxyl groups excluding tert-OH is 1. The zero-order valence-electron chi connectivity index (χ0n) is 11.3. The Labute approximate surface area is 128 Å². The molecule has 0 saturated heterocycles. The quantitative estimate of drug-likeness (QED) is 0.847. The van der Waals surface area contributed by atoms with E-state index in [0.717, 1.165) is 12.8 Å². The average molecular weight is 362 g/mol. The van der Waals surface area contributed by atoms with Gasteiger partial charge in [0.25, 0.3) is 0 Å². The molecule has 0 heterocycles. The minimum atomic E-state index is -3.53. The van der Waals surface area contributed by atoms with E-state index in [1.165, 1.54) is 25.3 Å². The summed E-state index contributed by atoms with van der Waals surface area (Å²) in [5.74, 6) is 0.443. The molecule has 0 aliphatic heterocycles. The topological polar surface area (TPSA) is 66.4 Å². The van der Waals surface area contributed by atoms with Crippen molar-refractivity contribution in [1.29, 1.82) is 0 Å². The Hall–Kier alpha value is -0.430. The van der Waals surface area contributed by atoms with Crippen molar-refractivity contribution in [3.05, 3.63) is 28.2 Å². The summed E-state index contributed by atoms with van der Waals surface area (Å²) < 4.78 is 27.9. The summed E-state index contributed by atoms with van der Waals surface area (Å²) in [6.45, 7) is 0.330. The summed E-state index contributed by atoms with van der Waals surface area (Å²) in [5.41, 5.74) is 0.589. The number of halogens is 1. The summed E-state index contributed by atoms with van der Waals surface area (Å²) in [4.78, 5) is 0.194. The van der Waals surface area contributed by atoms with E-state index in [4.69, 9.17) is 5.11 Å². The molecule has 0 unspecified atom stereocenters. The van der Waals surface area contributed by atoms with Gasteiger partial charge in [0.2, 0.25) is 10.0 Å². The van der Waals surface area contributed by atoms with Crippen LogP contribution < -0.4 is 4.72 Å². The number of rotatable bonds is 5. The molecular weight excluding hydrogens is 342 g/mol. The van der Waals surface area contributed by atoms with E-state index in [9.17, 15) is 8.42 Å². The number of nitrogens with one attached hydrogen (secondary N) is 1. The standard InChI is InChI=1S/C14H20BrNO3S/c15-13-7-6-12(10-17)8-14(13)20(18,19)16-9-11-4-2-1-3-5-11/h6-8,11,16-17H,1-5,9-10H2. The van der Waals surface area contributed by atoms with Gasteiger partial charge in [-0.3, -0.25) is 0 Å². The third-order valence-electron chi connectivity index (χ3n) is 3.75. The van der Waals surface area contributed by atoms with Crippen LogP contribution in [0.3, 0.4) is 0 Å². The van der Waals surface area contributed by atoms with Gasteiger partial charge in [-0.2, -0.15) is 0 Å².